The lowest BCUT2D eigenvalue weighted by molar-refractivity contribution is 0.580. The molecule has 1 aliphatic carbocycles. The first-order valence-electron chi connectivity index (χ1n) is 7.90. The van der Waals surface area contributed by atoms with Crippen LogP contribution in [0.4, 0.5) is 5.69 Å². The van der Waals surface area contributed by atoms with Crippen molar-refractivity contribution in [1.82, 2.24) is 4.72 Å². The minimum absolute atomic E-state index is 0.0430. The Kier molecular flexibility index (Phi) is 4.61. The van der Waals surface area contributed by atoms with Gasteiger partial charge in [-0.3, -0.25) is 4.72 Å². The first-order valence-corrected chi connectivity index (χ1v) is 10.9. The molecule has 1 saturated carbocycles. The Bertz CT molecular complexity index is 1010. The van der Waals surface area contributed by atoms with Crippen LogP contribution in [0.2, 0.25) is 0 Å². The van der Waals surface area contributed by atoms with E-state index >= 15 is 0 Å². The first-order chi connectivity index (χ1) is 11.7. The molecule has 134 valence electrons. The van der Waals surface area contributed by atoms with Crippen LogP contribution in [0.3, 0.4) is 0 Å². The van der Waals surface area contributed by atoms with Crippen molar-refractivity contribution in [2.24, 2.45) is 0 Å². The van der Waals surface area contributed by atoms with Gasteiger partial charge in [0, 0.05) is 6.04 Å². The van der Waals surface area contributed by atoms with Crippen molar-refractivity contribution in [3.05, 3.63) is 53.6 Å². The molecule has 3 rings (SSSR count). The molecule has 0 spiro atoms. The number of hydrogen-bond acceptors (Lipinski definition) is 4. The lowest BCUT2D eigenvalue weighted by Crippen LogP contribution is -2.26. The Labute approximate surface area is 148 Å². The van der Waals surface area contributed by atoms with Gasteiger partial charge in [0.15, 0.2) is 0 Å². The number of hydrogen-bond donors (Lipinski definition) is 2. The van der Waals surface area contributed by atoms with Gasteiger partial charge in [-0.2, -0.15) is 0 Å². The summed E-state index contributed by atoms with van der Waals surface area (Å²) in [5.74, 6) is 0. The second-order valence-electron chi connectivity index (χ2n) is 6.29. The average molecular weight is 380 g/mol. The Balaban J connectivity index is 1.91. The lowest BCUT2D eigenvalue weighted by Gasteiger charge is -2.12. The first kappa shape index (κ1) is 17.9. The zero-order chi connectivity index (χ0) is 18.2. The van der Waals surface area contributed by atoms with Crippen molar-refractivity contribution >= 4 is 25.7 Å². The summed E-state index contributed by atoms with van der Waals surface area (Å²) in [6.07, 6.45) is 1.62. The van der Waals surface area contributed by atoms with Gasteiger partial charge in [0.05, 0.1) is 15.5 Å². The van der Waals surface area contributed by atoms with Gasteiger partial charge in [-0.15, -0.1) is 0 Å². The molecule has 8 heteroatoms. The molecule has 0 atom stereocenters. The normalized spacial score (nSPS) is 15.1. The monoisotopic (exact) mass is 380 g/mol. The van der Waals surface area contributed by atoms with Crippen molar-refractivity contribution in [2.75, 3.05) is 4.72 Å². The van der Waals surface area contributed by atoms with Crippen LogP contribution in [0.1, 0.15) is 24.0 Å². The number of aryl methyl sites for hydroxylation is 2. The highest BCUT2D eigenvalue weighted by Gasteiger charge is 2.28. The molecule has 1 aliphatic rings. The quantitative estimate of drug-likeness (QED) is 0.805. The van der Waals surface area contributed by atoms with Gasteiger partial charge in [0.2, 0.25) is 10.0 Å². The summed E-state index contributed by atoms with van der Waals surface area (Å²) in [5.41, 5.74) is 2.29. The number of benzene rings is 2. The van der Waals surface area contributed by atoms with E-state index in [1.165, 1.54) is 24.3 Å². The fourth-order valence-corrected chi connectivity index (χ4v) is 5.03. The Morgan fingerprint density at radius 2 is 1.52 bits per heavy atom. The van der Waals surface area contributed by atoms with Crippen molar-refractivity contribution < 1.29 is 16.8 Å². The van der Waals surface area contributed by atoms with Crippen molar-refractivity contribution in [2.45, 2.75) is 42.5 Å². The molecule has 6 nitrogen and oxygen atoms in total. The SMILES string of the molecule is Cc1ccc(NS(=O)(=O)c2cccc(S(=O)(=O)NC3CC3)c2)c(C)c1. The van der Waals surface area contributed by atoms with E-state index in [-0.39, 0.29) is 15.8 Å². The molecule has 0 radical (unpaired) electrons. The molecule has 0 amide bonds. The fraction of sp³-hybridized carbons (Fsp3) is 0.294. The number of sulfonamides is 2. The topological polar surface area (TPSA) is 92.3 Å². The molecule has 2 N–H and O–H groups in total. The number of rotatable bonds is 6. The van der Waals surface area contributed by atoms with E-state index in [9.17, 15) is 16.8 Å². The Morgan fingerprint density at radius 3 is 2.12 bits per heavy atom. The smallest absolute Gasteiger partial charge is 0.261 e. The van der Waals surface area contributed by atoms with Gasteiger partial charge in [-0.1, -0.05) is 23.8 Å². The standard InChI is InChI=1S/C17H20N2O4S2/c1-12-6-9-17(13(2)10-12)19-25(22,23)16-5-3-4-15(11-16)24(20,21)18-14-7-8-14/h3-6,9-11,14,18-19H,7-8H2,1-2H3. The maximum Gasteiger partial charge on any atom is 0.261 e. The summed E-state index contributed by atoms with van der Waals surface area (Å²) >= 11 is 0. The van der Waals surface area contributed by atoms with Gasteiger partial charge in [0.25, 0.3) is 10.0 Å². The maximum absolute atomic E-state index is 12.6. The highest BCUT2D eigenvalue weighted by Crippen LogP contribution is 2.25. The minimum Gasteiger partial charge on any atom is -0.279 e. The molecule has 0 aliphatic heterocycles. The predicted octanol–water partition coefficient (Wildman–Crippen LogP) is 2.54. The van der Waals surface area contributed by atoms with E-state index in [2.05, 4.69) is 9.44 Å². The van der Waals surface area contributed by atoms with Gasteiger partial charge < -0.3 is 0 Å². The minimum atomic E-state index is -3.89. The predicted molar refractivity (Wildman–Crippen MR) is 96.5 cm³/mol. The molecule has 2 aromatic carbocycles. The van der Waals surface area contributed by atoms with Crippen LogP contribution in [-0.4, -0.2) is 22.9 Å². The summed E-state index contributed by atoms with van der Waals surface area (Å²) < 4.78 is 54.9. The molecule has 25 heavy (non-hydrogen) atoms. The average Bonchev–Trinajstić information content (AvgIpc) is 3.33. The molecule has 0 unspecified atom stereocenters. The van der Waals surface area contributed by atoms with Crippen molar-refractivity contribution in [3.63, 3.8) is 0 Å². The zero-order valence-corrected chi connectivity index (χ0v) is 15.6. The molecule has 1 fully saturated rings. The summed E-state index contributed by atoms with van der Waals surface area (Å²) in [4.78, 5) is -0.144. The van der Waals surface area contributed by atoms with E-state index in [1.807, 2.05) is 26.0 Å². The van der Waals surface area contributed by atoms with Crippen molar-refractivity contribution in [1.29, 1.82) is 0 Å². The largest absolute Gasteiger partial charge is 0.279 e. The maximum atomic E-state index is 12.6. The van der Waals surface area contributed by atoms with Gasteiger partial charge >= 0.3 is 0 Å². The molecule has 0 heterocycles. The van der Waals surface area contributed by atoms with E-state index in [0.717, 1.165) is 24.0 Å². The second kappa shape index (κ2) is 6.44. The summed E-state index contributed by atoms with van der Waals surface area (Å²) in [5, 5.41) is 0. The fourth-order valence-electron chi connectivity index (χ4n) is 2.43. The molecule has 2 aromatic rings. The third kappa shape index (κ3) is 4.20. The van der Waals surface area contributed by atoms with E-state index in [0.29, 0.717) is 5.69 Å². The third-order valence-electron chi connectivity index (χ3n) is 3.95. The summed E-state index contributed by atoms with van der Waals surface area (Å²) in [6, 6.07) is 10.7. The summed E-state index contributed by atoms with van der Waals surface area (Å²) in [6.45, 7) is 3.73. The highest BCUT2D eigenvalue weighted by molar-refractivity contribution is 7.93. The van der Waals surface area contributed by atoms with Crippen LogP contribution in [0.5, 0.6) is 0 Å². The Morgan fingerprint density at radius 1 is 0.880 bits per heavy atom. The summed E-state index contributed by atoms with van der Waals surface area (Å²) in [7, 11) is -7.60. The van der Waals surface area contributed by atoms with Gasteiger partial charge in [0.1, 0.15) is 0 Å². The van der Waals surface area contributed by atoms with Crippen LogP contribution in [0, 0.1) is 13.8 Å². The zero-order valence-electron chi connectivity index (χ0n) is 14.0. The number of anilines is 1. The van der Waals surface area contributed by atoms with Gasteiger partial charge in [-0.25, -0.2) is 21.6 Å². The lowest BCUT2D eigenvalue weighted by atomic mass is 10.1. The highest BCUT2D eigenvalue weighted by atomic mass is 32.2. The van der Waals surface area contributed by atoms with E-state index < -0.39 is 20.0 Å². The van der Waals surface area contributed by atoms with Crippen LogP contribution in [-0.2, 0) is 20.0 Å². The number of nitrogens with one attached hydrogen (secondary N) is 2. The molecular formula is C17H20N2O4S2. The van der Waals surface area contributed by atoms with E-state index in [4.69, 9.17) is 0 Å². The van der Waals surface area contributed by atoms with E-state index in [1.54, 1.807) is 6.07 Å². The molecule has 0 bridgehead atoms. The third-order valence-corrected chi connectivity index (χ3v) is 6.83. The molecule has 0 aromatic heterocycles. The van der Waals surface area contributed by atoms with Crippen LogP contribution in [0.25, 0.3) is 0 Å². The molecule has 0 saturated heterocycles. The second-order valence-corrected chi connectivity index (χ2v) is 9.69. The Hall–Kier alpha value is -1.90. The molecular weight excluding hydrogens is 360 g/mol. The van der Waals surface area contributed by atoms with Crippen molar-refractivity contribution in [3.8, 4) is 0 Å². The van der Waals surface area contributed by atoms with Gasteiger partial charge in [-0.05, 0) is 56.5 Å². The van der Waals surface area contributed by atoms with Crippen LogP contribution < -0.4 is 9.44 Å². The van der Waals surface area contributed by atoms with Crippen LogP contribution in [0.15, 0.2) is 52.3 Å². The van der Waals surface area contributed by atoms with Crippen LogP contribution >= 0.6 is 0 Å².